The van der Waals surface area contributed by atoms with E-state index >= 15 is 0 Å². The number of carbonyl (C=O) groups excluding carboxylic acids is 1. The lowest BCUT2D eigenvalue weighted by Crippen LogP contribution is -2.26. The van der Waals surface area contributed by atoms with E-state index in [2.05, 4.69) is 30.7 Å². The molecule has 0 spiro atoms. The predicted molar refractivity (Wildman–Crippen MR) is 91.2 cm³/mol. The average molecular weight is 334 g/mol. The molecule has 0 radical (unpaired) electrons. The van der Waals surface area contributed by atoms with Crippen LogP contribution in [0.3, 0.4) is 0 Å². The van der Waals surface area contributed by atoms with Gasteiger partial charge in [-0.3, -0.25) is 4.79 Å². The maximum absolute atomic E-state index is 12.4. The molecule has 0 bridgehead atoms. The summed E-state index contributed by atoms with van der Waals surface area (Å²) < 4.78 is 4.93. The monoisotopic (exact) mass is 334 g/mol. The number of aromatic amines is 1. The van der Waals surface area contributed by atoms with E-state index in [0.717, 1.165) is 24.8 Å². The maximum Gasteiger partial charge on any atom is 0.374 e. The minimum Gasteiger partial charge on any atom is -0.460 e. The third-order valence-electron chi connectivity index (χ3n) is 4.61. The Balaban J connectivity index is 2.05. The summed E-state index contributed by atoms with van der Waals surface area (Å²) in [4.78, 5) is 33.0. The van der Waals surface area contributed by atoms with Crippen LogP contribution in [0.1, 0.15) is 55.2 Å². The molecule has 1 atom stereocenters. The van der Waals surface area contributed by atoms with Crippen LogP contribution >= 0.6 is 11.3 Å². The highest BCUT2D eigenvalue weighted by Gasteiger charge is 2.31. The lowest BCUT2D eigenvalue weighted by molar-refractivity contribution is 0.0512. The molecule has 1 unspecified atom stereocenters. The summed E-state index contributed by atoms with van der Waals surface area (Å²) in [5.74, 6) is 0.0208. The molecule has 2 aromatic heterocycles. The van der Waals surface area contributed by atoms with E-state index in [0.29, 0.717) is 16.1 Å². The van der Waals surface area contributed by atoms with Crippen LogP contribution in [0.15, 0.2) is 4.79 Å². The van der Waals surface area contributed by atoms with Crippen molar-refractivity contribution in [2.45, 2.75) is 47.0 Å². The number of fused-ring (bicyclic) bond motifs is 3. The number of aromatic nitrogens is 2. The van der Waals surface area contributed by atoms with Crippen LogP contribution < -0.4 is 5.56 Å². The summed E-state index contributed by atoms with van der Waals surface area (Å²) in [6.45, 7) is 8.78. The molecule has 1 aliphatic rings. The smallest absolute Gasteiger partial charge is 0.374 e. The Labute approximate surface area is 139 Å². The number of hydrogen-bond acceptors (Lipinski definition) is 5. The van der Waals surface area contributed by atoms with E-state index in [4.69, 9.17) is 4.74 Å². The van der Waals surface area contributed by atoms with E-state index in [-0.39, 0.29) is 23.4 Å². The average Bonchev–Trinajstić information content (AvgIpc) is 2.84. The molecule has 0 saturated carbocycles. The van der Waals surface area contributed by atoms with Crippen molar-refractivity contribution < 1.29 is 9.53 Å². The molecule has 0 fully saturated rings. The molecule has 0 amide bonds. The standard InChI is InChI=1S/C17H22N2O3S/c1-5-22-16(21)13-18-14(20)12-10-7-6-9(17(2,3)4)8-11(10)23-15(12)19-13/h9H,5-8H2,1-4H3,(H,18,19,20). The fraction of sp³-hybridized carbons (Fsp3) is 0.588. The van der Waals surface area contributed by atoms with Crippen molar-refractivity contribution in [1.82, 2.24) is 9.97 Å². The molecule has 1 N–H and O–H groups in total. The van der Waals surface area contributed by atoms with Gasteiger partial charge in [0, 0.05) is 4.88 Å². The highest BCUT2D eigenvalue weighted by molar-refractivity contribution is 7.18. The zero-order valence-corrected chi connectivity index (χ0v) is 14.8. The van der Waals surface area contributed by atoms with E-state index in [9.17, 15) is 9.59 Å². The van der Waals surface area contributed by atoms with Crippen LogP contribution in [0, 0.1) is 11.3 Å². The molecule has 0 aliphatic heterocycles. The summed E-state index contributed by atoms with van der Waals surface area (Å²) >= 11 is 1.54. The quantitative estimate of drug-likeness (QED) is 0.855. The Bertz CT molecular complexity index is 814. The SMILES string of the molecule is CCOC(=O)c1nc2sc3c(c2c(=O)[nH]1)CCC(C(C)(C)C)C3. The van der Waals surface area contributed by atoms with Crippen molar-refractivity contribution in [3.8, 4) is 0 Å². The zero-order chi connectivity index (χ0) is 16.8. The van der Waals surface area contributed by atoms with Gasteiger partial charge in [-0.1, -0.05) is 20.8 Å². The number of aryl methyl sites for hydroxylation is 1. The normalized spacial score (nSPS) is 18.0. The second kappa shape index (κ2) is 5.74. The molecular formula is C17H22N2O3S. The van der Waals surface area contributed by atoms with E-state index < -0.39 is 5.97 Å². The van der Waals surface area contributed by atoms with Crippen LogP contribution in [0.4, 0.5) is 0 Å². The Kier molecular flexibility index (Phi) is 4.04. The highest BCUT2D eigenvalue weighted by Crippen LogP contribution is 2.41. The summed E-state index contributed by atoms with van der Waals surface area (Å²) in [5, 5.41) is 0.658. The number of ether oxygens (including phenoxy) is 1. The van der Waals surface area contributed by atoms with Crippen molar-refractivity contribution in [3.63, 3.8) is 0 Å². The zero-order valence-electron chi connectivity index (χ0n) is 14.0. The van der Waals surface area contributed by atoms with Gasteiger partial charge in [-0.15, -0.1) is 11.3 Å². The molecule has 5 nitrogen and oxygen atoms in total. The van der Waals surface area contributed by atoms with E-state index in [1.165, 1.54) is 4.88 Å². The van der Waals surface area contributed by atoms with Crippen LogP contribution in [-0.4, -0.2) is 22.5 Å². The number of H-pyrrole nitrogens is 1. The van der Waals surface area contributed by atoms with Gasteiger partial charge < -0.3 is 9.72 Å². The molecule has 6 heteroatoms. The molecule has 0 saturated heterocycles. The van der Waals surface area contributed by atoms with Gasteiger partial charge in [0.1, 0.15) is 4.83 Å². The van der Waals surface area contributed by atoms with Gasteiger partial charge in [0.2, 0.25) is 5.82 Å². The third-order valence-corrected chi connectivity index (χ3v) is 5.76. The molecule has 124 valence electrons. The largest absolute Gasteiger partial charge is 0.460 e. The van der Waals surface area contributed by atoms with Gasteiger partial charge in [-0.05, 0) is 43.1 Å². The van der Waals surface area contributed by atoms with Gasteiger partial charge in [-0.2, -0.15) is 0 Å². The Morgan fingerprint density at radius 2 is 2.17 bits per heavy atom. The van der Waals surface area contributed by atoms with Gasteiger partial charge in [0.25, 0.3) is 5.56 Å². The first kappa shape index (κ1) is 16.2. The summed E-state index contributed by atoms with van der Waals surface area (Å²) in [6, 6.07) is 0. The van der Waals surface area contributed by atoms with Crippen LogP contribution in [0.5, 0.6) is 0 Å². The first-order valence-electron chi connectivity index (χ1n) is 8.03. The molecule has 3 rings (SSSR count). The van der Waals surface area contributed by atoms with Crippen molar-refractivity contribution in [2.24, 2.45) is 11.3 Å². The number of rotatable bonds is 2. The number of nitrogens with zero attached hydrogens (tertiary/aromatic N) is 1. The lowest BCUT2D eigenvalue weighted by atomic mass is 9.72. The summed E-state index contributed by atoms with van der Waals surface area (Å²) in [7, 11) is 0. The minimum absolute atomic E-state index is 0.00433. The summed E-state index contributed by atoms with van der Waals surface area (Å²) in [5.41, 5.74) is 1.14. The topological polar surface area (TPSA) is 72.0 Å². The van der Waals surface area contributed by atoms with Crippen LogP contribution in [0.25, 0.3) is 10.2 Å². The second-order valence-corrected chi connectivity index (χ2v) is 8.21. The van der Waals surface area contributed by atoms with Gasteiger partial charge >= 0.3 is 5.97 Å². The van der Waals surface area contributed by atoms with E-state index in [1.807, 2.05) is 0 Å². The van der Waals surface area contributed by atoms with E-state index in [1.54, 1.807) is 18.3 Å². The van der Waals surface area contributed by atoms with Gasteiger partial charge in [0.05, 0.1) is 12.0 Å². The molecular weight excluding hydrogens is 312 g/mol. The number of hydrogen-bond donors (Lipinski definition) is 1. The van der Waals surface area contributed by atoms with Gasteiger partial charge in [-0.25, -0.2) is 9.78 Å². The second-order valence-electron chi connectivity index (χ2n) is 7.12. The van der Waals surface area contributed by atoms with Crippen molar-refractivity contribution in [1.29, 1.82) is 0 Å². The fourth-order valence-electron chi connectivity index (χ4n) is 3.22. The van der Waals surface area contributed by atoms with Gasteiger partial charge in [0.15, 0.2) is 0 Å². The van der Waals surface area contributed by atoms with Crippen LogP contribution in [0.2, 0.25) is 0 Å². The van der Waals surface area contributed by atoms with Crippen molar-refractivity contribution in [2.75, 3.05) is 6.61 Å². The Morgan fingerprint density at radius 1 is 1.43 bits per heavy atom. The molecule has 1 aliphatic carbocycles. The molecule has 0 aromatic carbocycles. The molecule has 23 heavy (non-hydrogen) atoms. The fourth-order valence-corrected chi connectivity index (χ4v) is 4.52. The number of nitrogens with one attached hydrogen (secondary N) is 1. The number of thiophene rings is 1. The van der Waals surface area contributed by atoms with Crippen molar-refractivity contribution >= 4 is 27.5 Å². The lowest BCUT2D eigenvalue weighted by Gasteiger charge is -2.33. The first-order valence-corrected chi connectivity index (χ1v) is 8.84. The number of carbonyl (C=O) groups is 1. The molecule has 2 aromatic rings. The predicted octanol–water partition coefficient (Wildman–Crippen LogP) is 3.31. The minimum atomic E-state index is -0.578. The third kappa shape index (κ3) is 2.92. The highest BCUT2D eigenvalue weighted by atomic mass is 32.1. The number of esters is 1. The Morgan fingerprint density at radius 3 is 2.83 bits per heavy atom. The van der Waals surface area contributed by atoms with Crippen molar-refractivity contribution in [3.05, 3.63) is 26.6 Å². The maximum atomic E-state index is 12.4. The Hall–Kier alpha value is -1.69. The summed E-state index contributed by atoms with van der Waals surface area (Å²) in [6.07, 6.45) is 2.97. The van der Waals surface area contributed by atoms with Crippen LogP contribution in [-0.2, 0) is 17.6 Å². The molecule has 2 heterocycles. The first-order chi connectivity index (χ1) is 10.8.